The van der Waals surface area contributed by atoms with Crippen molar-refractivity contribution in [3.63, 3.8) is 0 Å². The Morgan fingerprint density at radius 3 is 2.75 bits per heavy atom. The molecule has 0 bridgehead atoms. The summed E-state index contributed by atoms with van der Waals surface area (Å²) in [6.07, 6.45) is 8.86. The molecule has 0 aliphatic heterocycles. The minimum Gasteiger partial charge on any atom is -0.370 e. The summed E-state index contributed by atoms with van der Waals surface area (Å²) in [5.74, 6) is 0.558. The van der Waals surface area contributed by atoms with E-state index in [-0.39, 0.29) is 0 Å². The van der Waals surface area contributed by atoms with Gasteiger partial charge in [0.05, 0.1) is 0 Å². The fourth-order valence-electron chi connectivity index (χ4n) is 3.39. The first-order chi connectivity index (χ1) is 9.71. The van der Waals surface area contributed by atoms with Gasteiger partial charge in [0.15, 0.2) is 5.96 Å². The van der Waals surface area contributed by atoms with Crippen LogP contribution in [0.25, 0.3) is 0 Å². The number of benzene rings is 1. The third-order valence-electron chi connectivity index (χ3n) is 5.12. The molecular formula is C17H25N3. The molecule has 0 heterocycles. The normalized spacial score (nSPS) is 20.4. The highest BCUT2D eigenvalue weighted by atomic mass is 15.1. The summed E-state index contributed by atoms with van der Waals surface area (Å²) in [5.41, 5.74) is 10.5. The molecule has 3 nitrogen and oxygen atoms in total. The molecule has 0 saturated heterocycles. The minimum atomic E-state index is 0.435. The molecule has 1 aromatic carbocycles. The van der Waals surface area contributed by atoms with E-state index in [1.807, 2.05) is 0 Å². The zero-order valence-corrected chi connectivity index (χ0v) is 12.4. The summed E-state index contributed by atoms with van der Waals surface area (Å²) in [4.78, 5) is 4.56. The van der Waals surface area contributed by atoms with Crippen molar-refractivity contribution in [3.05, 3.63) is 29.3 Å². The molecule has 0 spiro atoms. The Kier molecular flexibility index (Phi) is 3.68. The van der Waals surface area contributed by atoms with Crippen molar-refractivity contribution in [1.29, 1.82) is 0 Å². The van der Waals surface area contributed by atoms with E-state index in [1.165, 1.54) is 56.1 Å². The fraction of sp³-hybridized carbons (Fsp3) is 0.588. The highest BCUT2D eigenvalue weighted by Gasteiger charge is 2.34. The standard InChI is InChI=1S/C17H25N3/c1-2-17(9-4-10-17)12-19-16(18)20-15-8-7-13-5-3-6-14(13)11-15/h7-8,11H,2-6,9-10,12H2,1H3,(H3,18,19,20). The Labute approximate surface area is 121 Å². The summed E-state index contributed by atoms with van der Waals surface area (Å²) < 4.78 is 0. The summed E-state index contributed by atoms with van der Waals surface area (Å²) in [6.45, 7) is 3.13. The maximum atomic E-state index is 6.03. The quantitative estimate of drug-likeness (QED) is 0.650. The summed E-state index contributed by atoms with van der Waals surface area (Å²) >= 11 is 0. The number of aliphatic imine (C=N–C) groups is 1. The number of nitrogens with two attached hydrogens (primary N) is 1. The van der Waals surface area contributed by atoms with Gasteiger partial charge in [0.1, 0.15) is 0 Å². The molecule has 1 aromatic rings. The molecule has 0 atom stereocenters. The van der Waals surface area contributed by atoms with E-state index >= 15 is 0 Å². The number of hydrogen-bond acceptors (Lipinski definition) is 1. The van der Waals surface area contributed by atoms with Gasteiger partial charge in [0.2, 0.25) is 0 Å². The molecule has 1 saturated carbocycles. The molecule has 1 fully saturated rings. The predicted molar refractivity (Wildman–Crippen MR) is 85.2 cm³/mol. The van der Waals surface area contributed by atoms with Gasteiger partial charge in [-0.15, -0.1) is 0 Å². The van der Waals surface area contributed by atoms with Gasteiger partial charge in [0.25, 0.3) is 0 Å². The molecule has 20 heavy (non-hydrogen) atoms. The Hall–Kier alpha value is -1.51. The third-order valence-corrected chi connectivity index (χ3v) is 5.12. The van der Waals surface area contributed by atoms with Crippen LogP contribution in [0.4, 0.5) is 5.69 Å². The molecule has 0 amide bonds. The van der Waals surface area contributed by atoms with Crippen LogP contribution < -0.4 is 11.1 Å². The average molecular weight is 271 g/mol. The maximum Gasteiger partial charge on any atom is 0.193 e. The highest BCUT2D eigenvalue weighted by molar-refractivity contribution is 5.92. The SMILES string of the molecule is CCC1(CN=C(N)Nc2ccc3c(c2)CCC3)CCC1. The molecule has 3 N–H and O–H groups in total. The maximum absolute atomic E-state index is 6.03. The summed E-state index contributed by atoms with van der Waals surface area (Å²) in [6, 6.07) is 6.56. The van der Waals surface area contributed by atoms with Crippen LogP contribution in [0, 0.1) is 5.41 Å². The van der Waals surface area contributed by atoms with Crippen molar-refractivity contribution in [1.82, 2.24) is 0 Å². The second-order valence-corrected chi connectivity index (χ2v) is 6.37. The first-order valence-corrected chi connectivity index (χ1v) is 7.89. The van der Waals surface area contributed by atoms with Crippen LogP contribution in [0.15, 0.2) is 23.2 Å². The van der Waals surface area contributed by atoms with Crippen molar-refractivity contribution >= 4 is 11.6 Å². The number of rotatable bonds is 4. The smallest absolute Gasteiger partial charge is 0.193 e. The lowest BCUT2D eigenvalue weighted by Crippen LogP contribution is -2.33. The van der Waals surface area contributed by atoms with E-state index in [9.17, 15) is 0 Å². The first-order valence-electron chi connectivity index (χ1n) is 7.89. The monoisotopic (exact) mass is 271 g/mol. The molecule has 0 unspecified atom stereocenters. The topological polar surface area (TPSA) is 50.4 Å². The van der Waals surface area contributed by atoms with Gasteiger partial charge >= 0.3 is 0 Å². The van der Waals surface area contributed by atoms with E-state index in [1.54, 1.807) is 0 Å². The van der Waals surface area contributed by atoms with E-state index < -0.39 is 0 Å². The average Bonchev–Trinajstić information content (AvgIpc) is 2.85. The number of hydrogen-bond donors (Lipinski definition) is 2. The van der Waals surface area contributed by atoms with Gasteiger partial charge in [-0.3, -0.25) is 4.99 Å². The number of nitrogens with one attached hydrogen (secondary N) is 1. The van der Waals surface area contributed by atoms with E-state index in [4.69, 9.17) is 5.73 Å². The lowest BCUT2D eigenvalue weighted by Gasteiger charge is -2.40. The van der Waals surface area contributed by atoms with Crippen LogP contribution in [0.5, 0.6) is 0 Å². The molecule has 0 aromatic heterocycles. The number of aryl methyl sites for hydroxylation is 2. The molecule has 3 heteroatoms. The van der Waals surface area contributed by atoms with Crippen LogP contribution in [0.1, 0.15) is 50.2 Å². The minimum absolute atomic E-state index is 0.435. The van der Waals surface area contributed by atoms with Crippen molar-refractivity contribution < 1.29 is 0 Å². The third kappa shape index (κ3) is 2.67. The van der Waals surface area contributed by atoms with E-state index in [2.05, 4.69) is 35.4 Å². The lowest BCUT2D eigenvalue weighted by atomic mass is 9.67. The predicted octanol–water partition coefficient (Wildman–Crippen LogP) is 3.48. The molecule has 3 rings (SSSR count). The second kappa shape index (κ2) is 5.47. The molecular weight excluding hydrogens is 246 g/mol. The van der Waals surface area contributed by atoms with E-state index in [0.29, 0.717) is 11.4 Å². The van der Waals surface area contributed by atoms with Crippen molar-refractivity contribution in [2.45, 2.75) is 51.9 Å². The zero-order chi connectivity index (χ0) is 14.0. The van der Waals surface area contributed by atoms with Gasteiger partial charge in [-0.1, -0.05) is 19.4 Å². The largest absolute Gasteiger partial charge is 0.370 e. The number of anilines is 1. The highest BCUT2D eigenvalue weighted by Crippen LogP contribution is 2.43. The molecule has 0 radical (unpaired) electrons. The van der Waals surface area contributed by atoms with Gasteiger partial charge in [-0.25, -0.2) is 0 Å². The Bertz CT molecular complexity index is 509. The molecule has 2 aliphatic carbocycles. The van der Waals surface area contributed by atoms with Crippen molar-refractivity contribution in [2.24, 2.45) is 16.1 Å². The number of nitrogens with zero attached hydrogens (tertiary/aromatic N) is 1. The lowest BCUT2D eigenvalue weighted by molar-refractivity contribution is 0.139. The van der Waals surface area contributed by atoms with Gasteiger partial charge in [0, 0.05) is 12.2 Å². The molecule has 108 valence electrons. The molecule has 2 aliphatic rings. The van der Waals surface area contributed by atoms with Crippen molar-refractivity contribution in [3.8, 4) is 0 Å². The summed E-state index contributed by atoms with van der Waals surface area (Å²) in [7, 11) is 0. The van der Waals surface area contributed by atoms with Crippen molar-refractivity contribution in [2.75, 3.05) is 11.9 Å². The Morgan fingerprint density at radius 1 is 1.25 bits per heavy atom. The van der Waals surface area contributed by atoms with Crippen LogP contribution in [0.3, 0.4) is 0 Å². The van der Waals surface area contributed by atoms with Gasteiger partial charge in [-0.2, -0.15) is 0 Å². The van der Waals surface area contributed by atoms with E-state index in [0.717, 1.165) is 12.2 Å². The Balaban J connectivity index is 1.62. The van der Waals surface area contributed by atoms with Crippen LogP contribution in [0.2, 0.25) is 0 Å². The number of fused-ring (bicyclic) bond motifs is 1. The van der Waals surface area contributed by atoms with Crippen LogP contribution in [-0.2, 0) is 12.8 Å². The second-order valence-electron chi connectivity index (χ2n) is 6.37. The fourth-order valence-corrected chi connectivity index (χ4v) is 3.39. The summed E-state index contributed by atoms with van der Waals surface area (Å²) in [5, 5.41) is 3.24. The van der Waals surface area contributed by atoms with Gasteiger partial charge in [-0.05, 0) is 67.2 Å². The first kappa shape index (κ1) is 13.5. The van der Waals surface area contributed by atoms with Crippen LogP contribution in [-0.4, -0.2) is 12.5 Å². The zero-order valence-electron chi connectivity index (χ0n) is 12.4. The van der Waals surface area contributed by atoms with Gasteiger partial charge < -0.3 is 11.1 Å². The number of guanidine groups is 1. The van der Waals surface area contributed by atoms with Crippen LogP contribution >= 0.6 is 0 Å². The Morgan fingerprint density at radius 2 is 2.05 bits per heavy atom.